The van der Waals surface area contributed by atoms with Gasteiger partial charge in [0.05, 0.1) is 24.4 Å². The molecule has 3 rings (SSSR count). The minimum atomic E-state index is -0.577. The first-order chi connectivity index (χ1) is 14.5. The standard InChI is InChI=1S/C22H18N4O3S/c1-29-20-11-10-16(21(27)24-17-7-3-2-4-8-17)13-19(20)26(30)22(28)25-18-9-5-6-15(12-18)14-23/h2-13,30H,1H3,(H,24,27)(H,25,28). The number of nitriles is 1. The summed E-state index contributed by atoms with van der Waals surface area (Å²) in [4.78, 5) is 25.2. The molecule has 0 saturated heterocycles. The van der Waals surface area contributed by atoms with Crippen LogP contribution in [0.25, 0.3) is 0 Å². The predicted octanol–water partition coefficient (Wildman–Crippen LogP) is 4.70. The molecule has 30 heavy (non-hydrogen) atoms. The number of anilines is 3. The number of nitrogens with one attached hydrogen (secondary N) is 2. The molecule has 0 spiro atoms. The van der Waals surface area contributed by atoms with E-state index in [9.17, 15) is 9.59 Å². The summed E-state index contributed by atoms with van der Waals surface area (Å²) in [5, 5.41) is 14.4. The fraction of sp³-hybridized carbons (Fsp3) is 0.0455. The lowest BCUT2D eigenvalue weighted by Crippen LogP contribution is -2.27. The van der Waals surface area contributed by atoms with Gasteiger partial charge in [0.15, 0.2) is 0 Å². The average molecular weight is 418 g/mol. The smallest absolute Gasteiger partial charge is 0.336 e. The highest BCUT2D eigenvalue weighted by Gasteiger charge is 2.19. The molecule has 0 aromatic heterocycles. The van der Waals surface area contributed by atoms with Gasteiger partial charge in [0, 0.05) is 16.9 Å². The number of thiol groups is 1. The number of rotatable bonds is 5. The lowest BCUT2D eigenvalue weighted by atomic mass is 10.1. The number of ether oxygens (including phenoxy) is 1. The van der Waals surface area contributed by atoms with Crippen LogP contribution in [0.2, 0.25) is 0 Å². The topological polar surface area (TPSA) is 94.5 Å². The molecule has 2 N–H and O–H groups in total. The predicted molar refractivity (Wildman–Crippen MR) is 119 cm³/mol. The van der Waals surface area contributed by atoms with Crippen LogP contribution < -0.4 is 19.7 Å². The normalized spacial score (nSPS) is 9.90. The molecule has 0 fully saturated rings. The summed E-state index contributed by atoms with van der Waals surface area (Å²) in [6.07, 6.45) is 0. The van der Waals surface area contributed by atoms with Crippen molar-refractivity contribution in [1.29, 1.82) is 5.26 Å². The molecule has 7 nitrogen and oxygen atoms in total. The molecule has 0 radical (unpaired) electrons. The van der Waals surface area contributed by atoms with Gasteiger partial charge in [-0.2, -0.15) is 5.26 Å². The van der Waals surface area contributed by atoms with Crippen molar-refractivity contribution in [2.24, 2.45) is 0 Å². The van der Waals surface area contributed by atoms with Crippen LogP contribution in [-0.4, -0.2) is 19.0 Å². The van der Waals surface area contributed by atoms with Crippen LogP contribution in [0.5, 0.6) is 5.75 Å². The lowest BCUT2D eigenvalue weighted by Gasteiger charge is -2.20. The maximum absolute atomic E-state index is 12.7. The Labute approximate surface area is 179 Å². The summed E-state index contributed by atoms with van der Waals surface area (Å²) < 4.78 is 6.35. The van der Waals surface area contributed by atoms with Crippen molar-refractivity contribution in [2.75, 3.05) is 22.0 Å². The molecule has 0 aliphatic carbocycles. The molecule has 0 bridgehead atoms. The third kappa shape index (κ3) is 4.90. The number of carbonyl (C=O) groups is 2. The number of hydrogen-bond donors (Lipinski definition) is 3. The maximum atomic E-state index is 12.7. The summed E-state index contributed by atoms with van der Waals surface area (Å²) >= 11 is 4.28. The van der Waals surface area contributed by atoms with Gasteiger partial charge >= 0.3 is 6.03 Å². The second-order valence-electron chi connectivity index (χ2n) is 6.14. The van der Waals surface area contributed by atoms with E-state index in [0.717, 1.165) is 4.31 Å². The molecule has 0 aliphatic heterocycles. The van der Waals surface area contributed by atoms with E-state index >= 15 is 0 Å². The molecular formula is C22H18N4O3S. The molecule has 150 valence electrons. The van der Waals surface area contributed by atoms with Crippen molar-refractivity contribution >= 4 is 41.8 Å². The SMILES string of the molecule is COc1ccc(C(=O)Nc2ccccc2)cc1N(S)C(=O)Nc1cccc(C#N)c1. The van der Waals surface area contributed by atoms with Gasteiger partial charge in [-0.3, -0.25) is 4.79 Å². The zero-order valence-electron chi connectivity index (χ0n) is 16.0. The number of nitrogens with zero attached hydrogens (tertiary/aromatic N) is 2. The fourth-order valence-electron chi connectivity index (χ4n) is 2.67. The number of amides is 3. The fourth-order valence-corrected chi connectivity index (χ4v) is 2.88. The highest BCUT2D eigenvalue weighted by Crippen LogP contribution is 2.31. The van der Waals surface area contributed by atoms with Gasteiger partial charge in [0.2, 0.25) is 0 Å². The highest BCUT2D eigenvalue weighted by atomic mass is 32.1. The third-order valence-electron chi connectivity index (χ3n) is 4.14. The molecule has 0 unspecified atom stereocenters. The zero-order valence-corrected chi connectivity index (χ0v) is 16.9. The minimum absolute atomic E-state index is 0.287. The van der Waals surface area contributed by atoms with Crippen molar-refractivity contribution in [3.63, 3.8) is 0 Å². The molecule has 0 aliphatic rings. The van der Waals surface area contributed by atoms with Crippen LogP contribution in [0.3, 0.4) is 0 Å². The van der Waals surface area contributed by atoms with E-state index in [0.29, 0.717) is 28.3 Å². The Morgan fingerprint density at radius 1 is 0.967 bits per heavy atom. The first kappa shape index (κ1) is 20.8. The first-order valence-electron chi connectivity index (χ1n) is 8.86. The van der Waals surface area contributed by atoms with Crippen LogP contribution in [0.15, 0.2) is 72.8 Å². The molecule has 3 amide bonds. The quantitative estimate of drug-likeness (QED) is 0.524. The Bertz CT molecular complexity index is 1110. The van der Waals surface area contributed by atoms with Crippen LogP contribution in [0.4, 0.5) is 21.9 Å². The molecular weight excluding hydrogens is 400 g/mol. The van der Waals surface area contributed by atoms with E-state index in [-0.39, 0.29) is 11.6 Å². The summed E-state index contributed by atoms with van der Waals surface area (Å²) in [5.41, 5.74) is 2.12. The van der Waals surface area contributed by atoms with E-state index < -0.39 is 6.03 Å². The Morgan fingerprint density at radius 2 is 1.70 bits per heavy atom. The van der Waals surface area contributed by atoms with Gasteiger partial charge in [-0.15, -0.1) is 0 Å². The molecule has 3 aromatic rings. The summed E-state index contributed by atoms with van der Waals surface area (Å²) in [6.45, 7) is 0. The van der Waals surface area contributed by atoms with Crippen molar-refractivity contribution < 1.29 is 14.3 Å². The number of carbonyl (C=O) groups excluding carboxylic acids is 2. The van der Waals surface area contributed by atoms with Crippen LogP contribution in [-0.2, 0) is 0 Å². The average Bonchev–Trinajstić information content (AvgIpc) is 2.78. The van der Waals surface area contributed by atoms with Crippen molar-refractivity contribution in [3.8, 4) is 11.8 Å². The monoisotopic (exact) mass is 418 g/mol. The molecule has 0 saturated carbocycles. The van der Waals surface area contributed by atoms with Crippen molar-refractivity contribution in [1.82, 2.24) is 0 Å². The Morgan fingerprint density at radius 3 is 2.40 bits per heavy atom. The Hall–Kier alpha value is -3.96. The molecule has 0 atom stereocenters. The second kappa shape index (κ2) is 9.49. The maximum Gasteiger partial charge on any atom is 0.336 e. The Balaban J connectivity index is 1.82. The summed E-state index contributed by atoms with van der Waals surface area (Å²) in [6, 6.07) is 21.6. The largest absolute Gasteiger partial charge is 0.495 e. The number of benzene rings is 3. The van der Waals surface area contributed by atoms with Gasteiger partial charge in [0.25, 0.3) is 5.91 Å². The van der Waals surface area contributed by atoms with E-state index in [1.165, 1.54) is 13.2 Å². The van der Waals surface area contributed by atoms with Gasteiger partial charge < -0.3 is 15.4 Å². The minimum Gasteiger partial charge on any atom is -0.495 e. The third-order valence-corrected chi connectivity index (χ3v) is 4.53. The van der Waals surface area contributed by atoms with Gasteiger partial charge in [-0.1, -0.05) is 37.1 Å². The lowest BCUT2D eigenvalue weighted by molar-refractivity contribution is 0.102. The zero-order chi connectivity index (χ0) is 21.5. The van der Waals surface area contributed by atoms with Gasteiger partial charge in [-0.05, 0) is 48.5 Å². The van der Waals surface area contributed by atoms with Crippen molar-refractivity contribution in [3.05, 3.63) is 83.9 Å². The van der Waals surface area contributed by atoms with E-state index in [4.69, 9.17) is 10.00 Å². The first-order valence-corrected chi connectivity index (χ1v) is 9.26. The van der Waals surface area contributed by atoms with Gasteiger partial charge in [0.1, 0.15) is 5.75 Å². The summed E-state index contributed by atoms with van der Waals surface area (Å²) in [7, 11) is 1.46. The number of methoxy groups -OCH3 is 1. The van der Waals surface area contributed by atoms with E-state index in [1.807, 2.05) is 24.3 Å². The van der Waals surface area contributed by atoms with E-state index in [1.54, 1.807) is 48.5 Å². The van der Waals surface area contributed by atoms with Crippen LogP contribution >= 0.6 is 12.8 Å². The van der Waals surface area contributed by atoms with Gasteiger partial charge in [-0.25, -0.2) is 9.10 Å². The molecule has 3 aromatic carbocycles. The van der Waals surface area contributed by atoms with Crippen LogP contribution in [0.1, 0.15) is 15.9 Å². The number of hydrogen-bond acceptors (Lipinski definition) is 5. The number of para-hydroxylation sites is 1. The molecule has 0 heterocycles. The van der Waals surface area contributed by atoms with Crippen molar-refractivity contribution in [2.45, 2.75) is 0 Å². The summed E-state index contributed by atoms with van der Waals surface area (Å²) in [5.74, 6) is 0.0242. The second-order valence-corrected chi connectivity index (χ2v) is 6.54. The number of urea groups is 1. The highest BCUT2D eigenvalue weighted by molar-refractivity contribution is 7.82. The van der Waals surface area contributed by atoms with E-state index in [2.05, 4.69) is 23.4 Å². The molecule has 8 heteroatoms. The Kier molecular flexibility index (Phi) is 6.57. The van der Waals surface area contributed by atoms with Crippen LogP contribution in [0, 0.1) is 11.3 Å².